The van der Waals surface area contributed by atoms with Crippen LogP contribution in [0.15, 0.2) is 16.9 Å². The molecule has 1 N–H and O–H groups in total. The molecular formula is C22H31N3O4. The van der Waals surface area contributed by atoms with Gasteiger partial charge in [-0.3, -0.25) is 14.5 Å². The second kappa shape index (κ2) is 7.22. The first-order valence-electron chi connectivity index (χ1n) is 10.9. The molecule has 0 aromatic carbocycles. The van der Waals surface area contributed by atoms with Crippen molar-refractivity contribution in [2.75, 3.05) is 39.4 Å². The Kier molecular flexibility index (Phi) is 4.80. The third-order valence-corrected chi connectivity index (χ3v) is 7.20. The van der Waals surface area contributed by atoms with Crippen LogP contribution >= 0.6 is 0 Å². The molecule has 5 rings (SSSR count). The van der Waals surface area contributed by atoms with E-state index in [0.717, 1.165) is 43.6 Å². The fourth-order valence-electron chi connectivity index (χ4n) is 5.61. The molecule has 4 aliphatic rings. The van der Waals surface area contributed by atoms with E-state index in [1.807, 2.05) is 22.5 Å². The third kappa shape index (κ3) is 3.43. The van der Waals surface area contributed by atoms with E-state index < -0.39 is 0 Å². The second-order valence-corrected chi connectivity index (χ2v) is 9.79. The van der Waals surface area contributed by atoms with Crippen molar-refractivity contribution < 1.29 is 14.6 Å². The molecule has 1 aromatic rings. The van der Waals surface area contributed by atoms with Gasteiger partial charge in [-0.15, -0.1) is 0 Å². The number of piperidine rings is 2. The van der Waals surface area contributed by atoms with Crippen molar-refractivity contribution in [1.29, 1.82) is 0 Å². The number of fused-ring (bicyclic) bond motifs is 4. The van der Waals surface area contributed by atoms with Gasteiger partial charge < -0.3 is 19.3 Å². The van der Waals surface area contributed by atoms with E-state index in [2.05, 4.69) is 11.0 Å². The maximum Gasteiger partial charge on any atom is 0.255 e. The Morgan fingerprint density at radius 3 is 2.79 bits per heavy atom. The summed E-state index contributed by atoms with van der Waals surface area (Å²) in [5.41, 5.74) is 1.63. The van der Waals surface area contributed by atoms with Crippen LogP contribution in [0.5, 0.6) is 0 Å². The molecule has 0 unspecified atom stereocenters. The van der Waals surface area contributed by atoms with E-state index in [1.165, 1.54) is 0 Å². The fraction of sp³-hybridized carbons (Fsp3) is 0.727. The average Bonchev–Trinajstić information content (AvgIpc) is 2.68. The molecule has 7 heteroatoms. The molecule has 29 heavy (non-hydrogen) atoms. The Hall–Kier alpha value is -1.70. The van der Waals surface area contributed by atoms with Gasteiger partial charge >= 0.3 is 0 Å². The lowest BCUT2D eigenvalue weighted by molar-refractivity contribution is -0.171. The number of aliphatic hydroxyl groups is 1. The fourth-order valence-corrected chi connectivity index (χ4v) is 5.61. The first kappa shape index (κ1) is 19.3. The van der Waals surface area contributed by atoms with E-state index in [1.54, 1.807) is 0 Å². The number of carbonyl (C=O) groups excluding carboxylic acids is 1. The zero-order chi connectivity index (χ0) is 20.2. The standard InChI is InChI=1S/C22H31N3O4/c1-22(13-29-14-22)21(28)24-8-15-7-17(11-24)19-5-4-16(20(27)25(19)9-15)10-23-6-2-3-18(26)12-23/h4-5,15,17-18,26H,2-3,6-14H2,1H3/t15-,17+,18-/m0/s1. The van der Waals surface area contributed by atoms with Gasteiger partial charge in [0.25, 0.3) is 5.56 Å². The van der Waals surface area contributed by atoms with Gasteiger partial charge in [-0.2, -0.15) is 0 Å². The molecule has 0 spiro atoms. The van der Waals surface area contributed by atoms with Gasteiger partial charge in [-0.1, -0.05) is 6.07 Å². The summed E-state index contributed by atoms with van der Waals surface area (Å²) in [4.78, 5) is 30.4. The van der Waals surface area contributed by atoms with Gasteiger partial charge in [-0.05, 0) is 44.7 Å². The van der Waals surface area contributed by atoms with E-state index >= 15 is 0 Å². The molecule has 2 bridgehead atoms. The molecule has 0 radical (unpaired) electrons. The molecule has 3 fully saturated rings. The number of carbonyl (C=O) groups is 1. The van der Waals surface area contributed by atoms with Crippen molar-refractivity contribution in [3.8, 4) is 0 Å². The summed E-state index contributed by atoms with van der Waals surface area (Å²) in [5, 5.41) is 9.91. The first-order chi connectivity index (χ1) is 13.9. The number of pyridine rings is 1. The summed E-state index contributed by atoms with van der Waals surface area (Å²) < 4.78 is 7.25. The van der Waals surface area contributed by atoms with Crippen molar-refractivity contribution in [2.24, 2.45) is 11.3 Å². The summed E-state index contributed by atoms with van der Waals surface area (Å²) in [6, 6.07) is 4.07. The maximum atomic E-state index is 13.2. The van der Waals surface area contributed by atoms with Gasteiger partial charge in [-0.25, -0.2) is 0 Å². The van der Waals surface area contributed by atoms with E-state index in [4.69, 9.17) is 4.74 Å². The summed E-state index contributed by atoms with van der Waals surface area (Å²) in [5.74, 6) is 0.767. The smallest absolute Gasteiger partial charge is 0.255 e. The predicted molar refractivity (Wildman–Crippen MR) is 108 cm³/mol. The number of likely N-dealkylation sites (tertiary alicyclic amines) is 2. The molecule has 158 valence electrons. The van der Waals surface area contributed by atoms with Gasteiger partial charge in [0, 0.05) is 49.9 Å². The Morgan fingerprint density at radius 1 is 1.24 bits per heavy atom. The number of amides is 1. The molecular weight excluding hydrogens is 370 g/mol. The maximum absolute atomic E-state index is 13.2. The highest BCUT2D eigenvalue weighted by molar-refractivity contribution is 5.83. The van der Waals surface area contributed by atoms with Crippen molar-refractivity contribution in [3.05, 3.63) is 33.7 Å². The number of rotatable bonds is 3. The average molecular weight is 402 g/mol. The molecule has 5 heterocycles. The van der Waals surface area contributed by atoms with Gasteiger partial charge in [0.1, 0.15) is 0 Å². The summed E-state index contributed by atoms with van der Waals surface area (Å²) in [6.45, 7) is 7.33. The van der Waals surface area contributed by atoms with Gasteiger partial charge in [0.2, 0.25) is 5.91 Å². The van der Waals surface area contributed by atoms with E-state index in [0.29, 0.717) is 45.3 Å². The largest absolute Gasteiger partial charge is 0.392 e. The minimum absolute atomic E-state index is 0.108. The third-order valence-electron chi connectivity index (χ3n) is 7.20. The lowest BCUT2D eigenvalue weighted by Gasteiger charge is -2.47. The number of aromatic nitrogens is 1. The zero-order valence-electron chi connectivity index (χ0n) is 17.2. The summed E-state index contributed by atoms with van der Waals surface area (Å²) in [6.07, 6.45) is 2.60. The Labute approximate surface area is 171 Å². The summed E-state index contributed by atoms with van der Waals surface area (Å²) in [7, 11) is 0. The minimum atomic E-state index is -0.367. The molecule has 0 aliphatic carbocycles. The van der Waals surface area contributed by atoms with Crippen LogP contribution in [0.3, 0.4) is 0 Å². The highest BCUT2D eigenvalue weighted by atomic mass is 16.5. The molecule has 4 aliphatic heterocycles. The Bertz CT molecular complexity index is 862. The molecule has 1 aromatic heterocycles. The van der Waals surface area contributed by atoms with Crippen molar-refractivity contribution in [3.63, 3.8) is 0 Å². The topological polar surface area (TPSA) is 75.0 Å². The highest BCUT2D eigenvalue weighted by Crippen LogP contribution is 2.38. The van der Waals surface area contributed by atoms with Gasteiger partial charge in [0.15, 0.2) is 0 Å². The van der Waals surface area contributed by atoms with Crippen LogP contribution in [0, 0.1) is 11.3 Å². The normalized spacial score (nSPS) is 31.1. The number of nitrogens with zero attached hydrogens (tertiary/aromatic N) is 3. The van der Waals surface area contributed by atoms with Crippen LogP contribution in [0.2, 0.25) is 0 Å². The van der Waals surface area contributed by atoms with Crippen molar-refractivity contribution in [2.45, 2.75) is 51.3 Å². The minimum Gasteiger partial charge on any atom is -0.392 e. The van der Waals surface area contributed by atoms with Crippen LogP contribution in [-0.2, 0) is 22.6 Å². The summed E-state index contributed by atoms with van der Waals surface area (Å²) >= 11 is 0. The molecule has 3 atom stereocenters. The van der Waals surface area contributed by atoms with E-state index in [-0.39, 0.29) is 28.9 Å². The quantitative estimate of drug-likeness (QED) is 0.811. The molecule has 3 saturated heterocycles. The number of β-amino-alcohol motifs (C(OH)–C–C–N with tert-alkyl or cyclic N) is 1. The first-order valence-corrected chi connectivity index (χ1v) is 10.9. The monoisotopic (exact) mass is 401 g/mol. The second-order valence-electron chi connectivity index (χ2n) is 9.79. The number of ether oxygens (including phenoxy) is 1. The Balaban J connectivity index is 1.35. The lowest BCUT2D eigenvalue weighted by atomic mass is 9.80. The predicted octanol–water partition coefficient (Wildman–Crippen LogP) is 0.787. The van der Waals surface area contributed by atoms with E-state index in [9.17, 15) is 14.7 Å². The van der Waals surface area contributed by atoms with Gasteiger partial charge in [0.05, 0.1) is 24.7 Å². The van der Waals surface area contributed by atoms with Crippen LogP contribution in [0.25, 0.3) is 0 Å². The van der Waals surface area contributed by atoms with Crippen molar-refractivity contribution >= 4 is 5.91 Å². The van der Waals surface area contributed by atoms with Crippen LogP contribution in [-0.4, -0.2) is 70.9 Å². The number of hydrogen-bond acceptors (Lipinski definition) is 5. The van der Waals surface area contributed by atoms with Crippen molar-refractivity contribution in [1.82, 2.24) is 14.4 Å². The zero-order valence-corrected chi connectivity index (χ0v) is 17.2. The molecule has 0 saturated carbocycles. The van der Waals surface area contributed by atoms with Crippen LogP contribution < -0.4 is 5.56 Å². The number of aliphatic hydroxyl groups excluding tert-OH is 1. The SMILES string of the molecule is CC1(C(=O)N2C[C@@H]3C[C@H](C2)c2ccc(CN4CCC[C@H](O)C4)c(=O)n2C3)COC1. The molecule has 7 nitrogen and oxygen atoms in total. The number of hydrogen-bond donors (Lipinski definition) is 1. The Morgan fingerprint density at radius 2 is 2.07 bits per heavy atom. The van der Waals surface area contributed by atoms with Crippen LogP contribution in [0.4, 0.5) is 0 Å². The molecule has 1 amide bonds. The lowest BCUT2D eigenvalue weighted by Crippen LogP contribution is -2.57. The highest BCUT2D eigenvalue weighted by Gasteiger charge is 2.46. The van der Waals surface area contributed by atoms with Crippen LogP contribution in [0.1, 0.15) is 43.4 Å².